The average molecular weight is 277 g/mol. The van der Waals surface area contributed by atoms with Crippen molar-refractivity contribution in [2.45, 2.75) is 37.9 Å². The second-order valence-electron chi connectivity index (χ2n) is 4.54. The van der Waals surface area contributed by atoms with Gasteiger partial charge in [-0.1, -0.05) is 13.3 Å². The summed E-state index contributed by atoms with van der Waals surface area (Å²) in [5.41, 5.74) is 0. The Hall–Kier alpha value is -1.11. The lowest BCUT2D eigenvalue weighted by molar-refractivity contribution is -0.141. The van der Waals surface area contributed by atoms with Gasteiger partial charge in [0.15, 0.2) is 9.84 Å². The van der Waals surface area contributed by atoms with Crippen molar-refractivity contribution < 1.29 is 23.1 Å². The molecule has 0 aliphatic carbocycles. The molecular weight excluding hydrogens is 258 g/mol. The van der Waals surface area contributed by atoms with E-state index in [2.05, 4.69) is 5.32 Å². The van der Waals surface area contributed by atoms with Gasteiger partial charge in [0.2, 0.25) is 5.91 Å². The Kier molecular flexibility index (Phi) is 5.13. The maximum atomic E-state index is 11.8. The summed E-state index contributed by atoms with van der Waals surface area (Å²) in [6.07, 6.45) is 2.04. The molecule has 0 aromatic rings. The highest BCUT2D eigenvalue weighted by Crippen LogP contribution is 2.19. The van der Waals surface area contributed by atoms with Gasteiger partial charge in [-0.05, 0) is 19.3 Å². The number of rotatable bonds is 5. The molecule has 0 aromatic heterocycles. The monoisotopic (exact) mass is 277 g/mol. The molecule has 1 rings (SSSR count). The van der Waals surface area contributed by atoms with Gasteiger partial charge in [-0.2, -0.15) is 0 Å². The van der Waals surface area contributed by atoms with Gasteiger partial charge >= 0.3 is 5.97 Å². The number of carbonyl (C=O) groups is 2. The first-order chi connectivity index (χ1) is 8.38. The summed E-state index contributed by atoms with van der Waals surface area (Å²) >= 11 is 0. The number of nitrogens with one attached hydrogen (secondary N) is 1. The Morgan fingerprint density at radius 1 is 1.39 bits per heavy atom. The first-order valence-electron chi connectivity index (χ1n) is 6.10. The van der Waals surface area contributed by atoms with Crippen LogP contribution in [0.25, 0.3) is 0 Å². The van der Waals surface area contributed by atoms with Gasteiger partial charge < -0.3 is 10.4 Å². The van der Waals surface area contributed by atoms with Crippen LogP contribution in [0.1, 0.15) is 32.6 Å². The van der Waals surface area contributed by atoms with Crippen LogP contribution in [0.4, 0.5) is 0 Å². The number of carbonyl (C=O) groups excluding carboxylic acids is 1. The van der Waals surface area contributed by atoms with E-state index in [1.807, 2.05) is 0 Å². The molecule has 0 bridgehead atoms. The summed E-state index contributed by atoms with van der Waals surface area (Å²) in [6, 6.07) is 0. The molecule has 1 heterocycles. The topological polar surface area (TPSA) is 101 Å². The fourth-order valence-electron chi connectivity index (χ4n) is 1.99. The van der Waals surface area contributed by atoms with Crippen LogP contribution < -0.4 is 5.32 Å². The SMILES string of the molecule is CCC(CNC(=O)C1CCCCS1(=O)=O)C(=O)O. The third-order valence-corrected chi connectivity index (χ3v) is 5.41. The van der Waals surface area contributed by atoms with Crippen LogP contribution in [0.5, 0.6) is 0 Å². The summed E-state index contributed by atoms with van der Waals surface area (Å²) in [5.74, 6) is -2.17. The summed E-state index contributed by atoms with van der Waals surface area (Å²) in [4.78, 5) is 22.6. The van der Waals surface area contributed by atoms with Gasteiger partial charge in [0.05, 0.1) is 11.7 Å². The minimum absolute atomic E-state index is 0.0172. The van der Waals surface area contributed by atoms with Crippen molar-refractivity contribution in [1.29, 1.82) is 0 Å². The van der Waals surface area contributed by atoms with Gasteiger partial charge in [-0.15, -0.1) is 0 Å². The van der Waals surface area contributed by atoms with Crippen LogP contribution in [-0.2, 0) is 19.4 Å². The molecule has 1 saturated heterocycles. The lowest BCUT2D eigenvalue weighted by Gasteiger charge is -2.22. The van der Waals surface area contributed by atoms with Crippen molar-refractivity contribution >= 4 is 21.7 Å². The van der Waals surface area contributed by atoms with Gasteiger partial charge in [-0.25, -0.2) is 8.42 Å². The third-order valence-electron chi connectivity index (χ3n) is 3.24. The highest BCUT2D eigenvalue weighted by molar-refractivity contribution is 7.92. The molecule has 2 N–H and O–H groups in total. The van der Waals surface area contributed by atoms with Crippen molar-refractivity contribution in [3.8, 4) is 0 Å². The summed E-state index contributed by atoms with van der Waals surface area (Å²) in [7, 11) is -3.36. The summed E-state index contributed by atoms with van der Waals surface area (Å²) in [5, 5.41) is 10.3. The number of hydrogen-bond acceptors (Lipinski definition) is 4. The van der Waals surface area contributed by atoms with E-state index in [0.717, 1.165) is 0 Å². The first-order valence-corrected chi connectivity index (χ1v) is 7.82. The zero-order valence-corrected chi connectivity index (χ0v) is 11.2. The molecule has 7 heteroatoms. The lowest BCUT2D eigenvalue weighted by atomic mass is 10.1. The molecule has 0 saturated carbocycles. The largest absolute Gasteiger partial charge is 0.481 e. The Balaban J connectivity index is 2.57. The second-order valence-corrected chi connectivity index (χ2v) is 6.84. The van der Waals surface area contributed by atoms with Crippen LogP contribution in [0.2, 0.25) is 0 Å². The van der Waals surface area contributed by atoms with Crippen LogP contribution >= 0.6 is 0 Å². The molecule has 104 valence electrons. The van der Waals surface area contributed by atoms with Crippen molar-refractivity contribution in [2.24, 2.45) is 5.92 Å². The van der Waals surface area contributed by atoms with Gasteiger partial charge in [-0.3, -0.25) is 9.59 Å². The van der Waals surface area contributed by atoms with Crippen LogP contribution in [-0.4, -0.2) is 42.9 Å². The maximum Gasteiger partial charge on any atom is 0.308 e. The number of carboxylic acid groups (broad SMARTS) is 1. The van der Waals surface area contributed by atoms with Crippen molar-refractivity contribution in [2.75, 3.05) is 12.3 Å². The Morgan fingerprint density at radius 2 is 2.06 bits per heavy atom. The molecule has 1 amide bonds. The molecular formula is C11H19NO5S. The summed E-state index contributed by atoms with van der Waals surface area (Å²) < 4.78 is 23.4. The number of aliphatic carboxylic acids is 1. The molecule has 0 spiro atoms. The van der Waals surface area contributed by atoms with E-state index in [1.54, 1.807) is 6.92 Å². The molecule has 1 fully saturated rings. The molecule has 2 atom stereocenters. The fraction of sp³-hybridized carbons (Fsp3) is 0.818. The Morgan fingerprint density at radius 3 is 2.56 bits per heavy atom. The standard InChI is InChI=1S/C11H19NO5S/c1-2-8(11(14)15)7-12-10(13)9-5-3-4-6-18(9,16)17/h8-9H,2-7H2,1H3,(H,12,13)(H,14,15). The van der Waals surface area contributed by atoms with E-state index in [0.29, 0.717) is 25.7 Å². The first kappa shape index (κ1) is 14.9. The Labute approximate surface area is 107 Å². The third kappa shape index (κ3) is 3.69. The Bertz CT molecular complexity index is 417. The molecule has 18 heavy (non-hydrogen) atoms. The summed E-state index contributed by atoms with van der Waals surface area (Å²) in [6.45, 7) is 1.69. The molecule has 1 aliphatic rings. The zero-order chi connectivity index (χ0) is 13.8. The minimum Gasteiger partial charge on any atom is -0.481 e. The number of carboxylic acids is 1. The predicted molar refractivity (Wildman–Crippen MR) is 65.9 cm³/mol. The molecule has 0 radical (unpaired) electrons. The van der Waals surface area contributed by atoms with E-state index in [9.17, 15) is 18.0 Å². The fourth-order valence-corrected chi connectivity index (χ4v) is 3.82. The van der Waals surface area contributed by atoms with Gasteiger partial charge in [0, 0.05) is 6.54 Å². The number of amides is 1. The predicted octanol–water partition coefficient (Wildman–Crippen LogP) is 0.181. The van der Waals surface area contributed by atoms with E-state index in [-0.39, 0.29) is 12.3 Å². The molecule has 6 nitrogen and oxygen atoms in total. The van der Waals surface area contributed by atoms with Crippen molar-refractivity contribution in [1.82, 2.24) is 5.32 Å². The van der Waals surface area contributed by atoms with E-state index < -0.39 is 32.9 Å². The van der Waals surface area contributed by atoms with Gasteiger partial charge in [0.1, 0.15) is 5.25 Å². The minimum atomic E-state index is -3.36. The molecule has 2 unspecified atom stereocenters. The molecule has 1 aliphatic heterocycles. The van der Waals surface area contributed by atoms with E-state index >= 15 is 0 Å². The normalized spacial score (nSPS) is 24.2. The zero-order valence-electron chi connectivity index (χ0n) is 10.4. The average Bonchev–Trinajstić information content (AvgIpc) is 2.28. The number of hydrogen-bond donors (Lipinski definition) is 2. The van der Waals surface area contributed by atoms with Crippen LogP contribution in [0, 0.1) is 5.92 Å². The van der Waals surface area contributed by atoms with Crippen LogP contribution in [0.3, 0.4) is 0 Å². The van der Waals surface area contributed by atoms with Gasteiger partial charge in [0.25, 0.3) is 0 Å². The van der Waals surface area contributed by atoms with E-state index in [1.165, 1.54) is 0 Å². The smallest absolute Gasteiger partial charge is 0.308 e. The van der Waals surface area contributed by atoms with Crippen molar-refractivity contribution in [3.05, 3.63) is 0 Å². The van der Waals surface area contributed by atoms with Crippen molar-refractivity contribution in [3.63, 3.8) is 0 Å². The molecule has 0 aromatic carbocycles. The second kappa shape index (κ2) is 6.17. The maximum absolute atomic E-state index is 11.8. The highest BCUT2D eigenvalue weighted by Gasteiger charge is 2.35. The lowest BCUT2D eigenvalue weighted by Crippen LogP contribution is -2.44. The van der Waals surface area contributed by atoms with E-state index in [4.69, 9.17) is 5.11 Å². The quantitative estimate of drug-likeness (QED) is 0.746. The number of sulfone groups is 1. The highest BCUT2D eigenvalue weighted by atomic mass is 32.2. The van der Waals surface area contributed by atoms with Crippen LogP contribution in [0.15, 0.2) is 0 Å².